The highest BCUT2D eigenvalue weighted by atomic mass is 16.5. The van der Waals surface area contributed by atoms with Crippen molar-refractivity contribution in [3.8, 4) is 11.6 Å². The lowest BCUT2D eigenvalue weighted by Crippen LogP contribution is -2.41. The van der Waals surface area contributed by atoms with E-state index in [1.165, 1.54) is 6.07 Å². The maximum Gasteiger partial charge on any atom is 0.255 e. The molecule has 1 aromatic carbocycles. The Morgan fingerprint density at radius 2 is 1.84 bits per heavy atom. The molecule has 0 spiro atoms. The number of benzene rings is 1. The molecule has 8 heteroatoms. The number of aryl methyl sites for hydroxylation is 2. The van der Waals surface area contributed by atoms with E-state index in [1.54, 1.807) is 23.1 Å². The molecule has 1 fully saturated rings. The first-order chi connectivity index (χ1) is 14.8. The number of aromatic nitrogens is 2. The zero-order valence-electron chi connectivity index (χ0n) is 17.9. The number of hydrogen-bond donors (Lipinski definition) is 2. The number of carbonyl (C=O) groups excluding carboxylic acids is 2. The van der Waals surface area contributed by atoms with Crippen LogP contribution in [-0.2, 0) is 4.79 Å². The Morgan fingerprint density at radius 1 is 1.13 bits per heavy atom. The summed E-state index contributed by atoms with van der Waals surface area (Å²) >= 11 is 0. The van der Waals surface area contributed by atoms with Crippen molar-refractivity contribution in [2.45, 2.75) is 33.6 Å². The van der Waals surface area contributed by atoms with Gasteiger partial charge in [-0.15, -0.1) is 0 Å². The lowest BCUT2D eigenvalue weighted by molar-refractivity contribution is -0.121. The molecule has 1 aliphatic rings. The Hall–Kier alpha value is -3.55. The van der Waals surface area contributed by atoms with E-state index in [-0.39, 0.29) is 23.5 Å². The summed E-state index contributed by atoms with van der Waals surface area (Å²) in [6, 6.07) is 10.4. The fourth-order valence-corrected chi connectivity index (χ4v) is 4.12. The molecule has 3 heterocycles. The van der Waals surface area contributed by atoms with Crippen molar-refractivity contribution in [2.24, 2.45) is 5.92 Å². The van der Waals surface area contributed by atoms with E-state index in [9.17, 15) is 14.7 Å². The second-order valence-electron chi connectivity index (χ2n) is 7.99. The number of para-hydroxylation sites is 2. The summed E-state index contributed by atoms with van der Waals surface area (Å²) in [5.41, 5.74) is 2.76. The van der Waals surface area contributed by atoms with Gasteiger partial charge in [-0.1, -0.05) is 17.3 Å². The molecule has 0 saturated carbocycles. The Kier molecular flexibility index (Phi) is 5.54. The van der Waals surface area contributed by atoms with Crippen LogP contribution in [0.5, 0.6) is 5.75 Å². The van der Waals surface area contributed by atoms with Gasteiger partial charge in [0.1, 0.15) is 11.5 Å². The average molecular weight is 422 g/mol. The molecule has 0 unspecified atom stereocenters. The Bertz CT molecular complexity index is 1120. The predicted molar refractivity (Wildman–Crippen MR) is 115 cm³/mol. The third-order valence-electron chi connectivity index (χ3n) is 5.82. The highest BCUT2D eigenvalue weighted by Crippen LogP contribution is 2.27. The predicted octanol–water partition coefficient (Wildman–Crippen LogP) is 3.59. The summed E-state index contributed by atoms with van der Waals surface area (Å²) < 4.78 is 7.09. The molecule has 0 bridgehead atoms. The van der Waals surface area contributed by atoms with Gasteiger partial charge in [0.05, 0.1) is 11.3 Å². The summed E-state index contributed by atoms with van der Waals surface area (Å²) in [7, 11) is 0. The Labute approximate surface area is 180 Å². The normalized spacial score (nSPS) is 14.6. The molecule has 162 valence electrons. The van der Waals surface area contributed by atoms with E-state index in [4.69, 9.17) is 4.52 Å². The zero-order chi connectivity index (χ0) is 22.1. The third-order valence-corrected chi connectivity index (χ3v) is 5.82. The van der Waals surface area contributed by atoms with Crippen molar-refractivity contribution < 1.29 is 19.2 Å². The molecule has 2 aromatic heterocycles. The largest absolute Gasteiger partial charge is 0.506 e. The first kappa shape index (κ1) is 20.7. The number of nitrogens with zero attached hydrogens (tertiary/aromatic N) is 3. The molecule has 3 aromatic rings. The van der Waals surface area contributed by atoms with E-state index in [0.29, 0.717) is 48.8 Å². The van der Waals surface area contributed by atoms with Crippen molar-refractivity contribution in [1.29, 1.82) is 0 Å². The van der Waals surface area contributed by atoms with E-state index in [2.05, 4.69) is 10.5 Å². The number of phenolic OH excluding ortho intramolecular Hbond substituents is 1. The summed E-state index contributed by atoms with van der Waals surface area (Å²) in [5, 5.41) is 16.7. The van der Waals surface area contributed by atoms with Gasteiger partial charge in [0.2, 0.25) is 5.91 Å². The van der Waals surface area contributed by atoms with Crippen molar-refractivity contribution >= 4 is 17.5 Å². The quantitative estimate of drug-likeness (QED) is 0.626. The van der Waals surface area contributed by atoms with Gasteiger partial charge in [0.25, 0.3) is 5.91 Å². The van der Waals surface area contributed by atoms with Crippen LogP contribution >= 0.6 is 0 Å². The van der Waals surface area contributed by atoms with Gasteiger partial charge < -0.3 is 19.8 Å². The third kappa shape index (κ3) is 4.05. The molecule has 0 radical (unpaired) electrons. The fourth-order valence-electron chi connectivity index (χ4n) is 4.12. The molecule has 31 heavy (non-hydrogen) atoms. The minimum atomic E-state index is -0.200. The standard InChI is InChI=1S/C23H26N4O4/c1-14-12-18(16(3)27(14)21-13-15(2)31-25-21)23(30)26-10-8-17(9-11-26)22(29)24-19-6-4-5-7-20(19)28/h4-7,12-13,17,28H,8-11H2,1-3H3,(H,24,29). The van der Waals surface area contributed by atoms with Crippen LogP contribution in [0.1, 0.15) is 40.3 Å². The molecule has 8 nitrogen and oxygen atoms in total. The van der Waals surface area contributed by atoms with Crippen LogP contribution in [0.4, 0.5) is 5.69 Å². The molecule has 0 aliphatic carbocycles. The summed E-state index contributed by atoms with van der Waals surface area (Å²) in [6.45, 7) is 6.67. The van der Waals surface area contributed by atoms with Crippen molar-refractivity contribution in [1.82, 2.24) is 14.6 Å². The van der Waals surface area contributed by atoms with Crippen LogP contribution in [0.2, 0.25) is 0 Å². The van der Waals surface area contributed by atoms with Gasteiger partial charge in [-0.2, -0.15) is 0 Å². The van der Waals surface area contributed by atoms with Crippen LogP contribution in [-0.4, -0.2) is 44.6 Å². The number of aromatic hydroxyl groups is 1. The van der Waals surface area contributed by atoms with Gasteiger partial charge in [0, 0.05) is 36.5 Å². The van der Waals surface area contributed by atoms with E-state index < -0.39 is 0 Å². The van der Waals surface area contributed by atoms with Gasteiger partial charge in [-0.3, -0.25) is 14.2 Å². The molecule has 1 saturated heterocycles. The second kappa shape index (κ2) is 8.29. The summed E-state index contributed by atoms with van der Waals surface area (Å²) in [6.07, 6.45) is 1.15. The smallest absolute Gasteiger partial charge is 0.255 e. The van der Waals surface area contributed by atoms with Crippen molar-refractivity contribution in [3.63, 3.8) is 0 Å². The fraction of sp³-hybridized carbons (Fsp3) is 0.348. The average Bonchev–Trinajstić information content (AvgIpc) is 3.31. The zero-order valence-corrected chi connectivity index (χ0v) is 17.9. The SMILES string of the molecule is Cc1cc(-n2c(C)cc(C(=O)N3CCC(C(=O)Nc4ccccc4O)CC3)c2C)no1. The highest BCUT2D eigenvalue weighted by molar-refractivity contribution is 5.97. The lowest BCUT2D eigenvalue weighted by atomic mass is 9.95. The van der Waals surface area contributed by atoms with Crippen LogP contribution < -0.4 is 5.32 Å². The minimum absolute atomic E-state index is 0.0425. The summed E-state index contributed by atoms with van der Waals surface area (Å²) in [4.78, 5) is 27.5. The Balaban J connectivity index is 1.42. The van der Waals surface area contributed by atoms with E-state index in [0.717, 1.165) is 11.4 Å². The minimum Gasteiger partial charge on any atom is -0.506 e. The highest BCUT2D eigenvalue weighted by Gasteiger charge is 2.30. The van der Waals surface area contributed by atoms with Crippen molar-refractivity contribution in [3.05, 3.63) is 59.1 Å². The number of piperidine rings is 1. The van der Waals surface area contributed by atoms with Gasteiger partial charge >= 0.3 is 0 Å². The number of likely N-dealkylation sites (tertiary alicyclic amines) is 1. The molecule has 1 aliphatic heterocycles. The molecular formula is C23H26N4O4. The number of hydrogen-bond acceptors (Lipinski definition) is 5. The van der Waals surface area contributed by atoms with Crippen LogP contribution in [0, 0.1) is 26.7 Å². The number of carbonyl (C=O) groups is 2. The maximum atomic E-state index is 13.2. The van der Waals surface area contributed by atoms with Gasteiger partial charge in [-0.25, -0.2) is 0 Å². The van der Waals surface area contributed by atoms with Crippen LogP contribution in [0.25, 0.3) is 5.82 Å². The second-order valence-corrected chi connectivity index (χ2v) is 7.99. The maximum absolute atomic E-state index is 13.2. The molecule has 2 amide bonds. The van der Waals surface area contributed by atoms with Crippen LogP contribution in [0.3, 0.4) is 0 Å². The van der Waals surface area contributed by atoms with Crippen LogP contribution in [0.15, 0.2) is 40.9 Å². The molecular weight excluding hydrogens is 396 g/mol. The molecule has 2 N–H and O–H groups in total. The topological polar surface area (TPSA) is 101 Å². The Morgan fingerprint density at radius 3 is 2.48 bits per heavy atom. The number of amides is 2. The lowest BCUT2D eigenvalue weighted by Gasteiger charge is -2.31. The number of phenols is 1. The number of anilines is 1. The first-order valence-electron chi connectivity index (χ1n) is 10.4. The number of rotatable bonds is 4. The molecule has 0 atom stereocenters. The van der Waals surface area contributed by atoms with E-state index in [1.807, 2.05) is 37.5 Å². The van der Waals surface area contributed by atoms with E-state index >= 15 is 0 Å². The van der Waals surface area contributed by atoms with Gasteiger partial charge in [-0.05, 0) is 51.8 Å². The monoisotopic (exact) mass is 422 g/mol. The van der Waals surface area contributed by atoms with Crippen molar-refractivity contribution in [2.75, 3.05) is 18.4 Å². The molecule has 4 rings (SSSR count). The van der Waals surface area contributed by atoms with Gasteiger partial charge in [0.15, 0.2) is 5.82 Å². The summed E-state index contributed by atoms with van der Waals surface area (Å²) in [5.74, 6) is 1.04. The first-order valence-corrected chi connectivity index (χ1v) is 10.4. The number of nitrogens with one attached hydrogen (secondary N) is 1.